The van der Waals surface area contributed by atoms with Crippen molar-refractivity contribution in [3.05, 3.63) is 48.5 Å². The minimum Gasteiger partial charge on any atom is -0.497 e. The number of sulfonamides is 1. The lowest BCUT2D eigenvalue weighted by Gasteiger charge is -2.15. The van der Waals surface area contributed by atoms with Gasteiger partial charge in [0.1, 0.15) is 5.75 Å². The minimum atomic E-state index is -3.37. The molecule has 1 N–H and O–H groups in total. The van der Waals surface area contributed by atoms with Gasteiger partial charge in [0, 0.05) is 30.4 Å². The molecule has 0 aliphatic carbocycles. The number of likely N-dealkylation sites (tertiary alicyclic amines) is 1. The third-order valence-corrected chi connectivity index (χ3v) is 6.69. The molecule has 33 heavy (non-hydrogen) atoms. The number of amides is 1. The number of anilines is 1. The second kappa shape index (κ2) is 9.84. The molecule has 2 aromatic carbocycles. The summed E-state index contributed by atoms with van der Waals surface area (Å²) in [7, 11) is -1.77. The predicted molar refractivity (Wildman–Crippen MR) is 128 cm³/mol. The Bertz CT molecular complexity index is 1240. The number of aromatic nitrogens is 3. The van der Waals surface area contributed by atoms with Crippen LogP contribution in [0.1, 0.15) is 12.8 Å². The van der Waals surface area contributed by atoms with Gasteiger partial charge in [0.15, 0.2) is 11.0 Å². The molecule has 0 radical (unpaired) electrons. The van der Waals surface area contributed by atoms with Crippen LogP contribution >= 0.6 is 11.8 Å². The Morgan fingerprint density at radius 1 is 1.12 bits per heavy atom. The summed E-state index contributed by atoms with van der Waals surface area (Å²) in [5.41, 5.74) is 2.01. The molecule has 1 amide bonds. The second-order valence-electron chi connectivity index (χ2n) is 7.67. The van der Waals surface area contributed by atoms with Gasteiger partial charge < -0.3 is 9.64 Å². The van der Waals surface area contributed by atoms with Crippen molar-refractivity contribution in [2.45, 2.75) is 18.0 Å². The van der Waals surface area contributed by atoms with Crippen molar-refractivity contribution < 1.29 is 17.9 Å². The maximum absolute atomic E-state index is 12.6. The SMILES string of the molecule is COc1cccc(-n2c(SCC(=O)N3CCCC3)nnc2-c2ccc(NS(C)(=O)=O)cc2)c1. The van der Waals surface area contributed by atoms with Gasteiger partial charge in [-0.05, 0) is 49.2 Å². The van der Waals surface area contributed by atoms with Gasteiger partial charge in [-0.1, -0.05) is 17.8 Å². The van der Waals surface area contributed by atoms with Crippen LogP contribution in [0.5, 0.6) is 5.75 Å². The number of hydrogen-bond acceptors (Lipinski definition) is 7. The van der Waals surface area contributed by atoms with Crippen LogP contribution in [0.3, 0.4) is 0 Å². The number of carbonyl (C=O) groups excluding carboxylic acids is 1. The maximum Gasteiger partial charge on any atom is 0.233 e. The lowest BCUT2D eigenvalue weighted by Crippen LogP contribution is -2.29. The molecule has 0 unspecified atom stereocenters. The van der Waals surface area contributed by atoms with Crippen LogP contribution in [0, 0.1) is 0 Å². The van der Waals surface area contributed by atoms with Gasteiger partial charge in [-0.3, -0.25) is 14.1 Å². The van der Waals surface area contributed by atoms with Crippen LogP contribution in [0.2, 0.25) is 0 Å². The van der Waals surface area contributed by atoms with Gasteiger partial charge in [0.2, 0.25) is 15.9 Å². The van der Waals surface area contributed by atoms with E-state index < -0.39 is 10.0 Å². The Labute approximate surface area is 197 Å². The highest BCUT2D eigenvalue weighted by atomic mass is 32.2. The highest BCUT2D eigenvalue weighted by molar-refractivity contribution is 7.99. The summed E-state index contributed by atoms with van der Waals surface area (Å²) in [4.78, 5) is 14.4. The molecule has 174 valence electrons. The zero-order valence-electron chi connectivity index (χ0n) is 18.4. The lowest BCUT2D eigenvalue weighted by atomic mass is 10.2. The highest BCUT2D eigenvalue weighted by Crippen LogP contribution is 2.30. The quantitative estimate of drug-likeness (QED) is 0.487. The molecule has 3 aromatic rings. The first-order chi connectivity index (χ1) is 15.8. The zero-order valence-corrected chi connectivity index (χ0v) is 20.0. The first-order valence-corrected chi connectivity index (χ1v) is 13.3. The number of benzene rings is 2. The average molecular weight is 488 g/mol. The van der Waals surface area contributed by atoms with Crippen LogP contribution in [0.15, 0.2) is 53.7 Å². The summed E-state index contributed by atoms with van der Waals surface area (Å²) < 4.78 is 32.7. The fraction of sp³-hybridized carbons (Fsp3) is 0.318. The number of nitrogens with one attached hydrogen (secondary N) is 1. The summed E-state index contributed by atoms with van der Waals surface area (Å²) in [5.74, 6) is 1.63. The van der Waals surface area contributed by atoms with Crippen molar-refractivity contribution in [3.8, 4) is 22.8 Å². The van der Waals surface area contributed by atoms with Crippen LogP contribution in [0.4, 0.5) is 5.69 Å². The van der Waals surface area contributed by atoms with E-state index >= 15 is 0 Å². The monoisotopic (exact) mass is 487 g/mol. The molecular weight excluding hydrogens is 462 g/mol. The molecule has 9 nitrogen and oxygen atoms in total. The molecule has 1 saturated heterocycles. The number of carbonyl (C=O) groups is 1. The molecule has 1 aliphatic heterocycles. The topological polar surface area (TPSA) is 106 Å². The normalized spacial score (nSPS) is 13.8. The van der Waals surface area contributed by atoms with Gasteiger partial charge >= 0.3 is 0 Å². The third-order valence-electron chi connectivity index (χ3n) is 5.17. The predicted octanol–water partition coefficient (Wildman–Crippen LogP) is 3.03. The molecule has 4 rings (SSSR count). The number of nitrogens with zero attached hydrogens (tertiary/aromatic N) is 4. The molecule has 2 heterocycles. The summed E-state index contributed by atoms with van der Waals surface area (Å²) in [6, 6.07) is 14.4. The number of methoxy groups -OCH3 is 1. The van der Waals surface area contributed by atoms with Crippen molar-refractivity contribution in [1.82, 2.24) is 19.7 Å². The Kier molecular flexibility index (Phi) is 6.89. The lowest BCUT2D eigenvalue weighted by molar-refractivity contribution is -0.127. The van der Waals surface area contributed by atoms with Gasteiger partial charge in [-0.25, -0.2) is 8.42 Å². The van der Waals surface area contributed by atoms with Gasteiger partial charge in [-0.15, -0.1) is 10.2 Å². The molecule has 1 fully saturated rings. The summed E-state index contributed by atoms with van der Waals surface area (Å²) in [6.45, 7) is 1.61. The van der Waals surface area contributed by atoms with Crippen molar-refractivity contribution >= 4 is 33.4 Å². The Balaban J connectivity index is 1.67. The molecular formula is C22H25N5O4S2. The van der Waals surface area contributed by atoms with E-state index in [1.807, 2.05) is 33.7 Å². The van der Waals surface area contributed by atoms with E-state index in [2.05, 4.69) is 14.9 Å². The van der Waals surface area contributed by atoms with Gasteiger partial charge in [0.25, 0.3) is 0 Å². The van der Waals surface area contributed by atoms with Crippen molar-refractivity contribution in [1.29, 1.82) is 0 Å². The molecule has 0 spiro atoms. The highest BCUT2D eigenvalue weighted by Gasteiger charge is 2.21. The van der Waals surface area contributed by atoms with Crippen LogP contribution in [-0.2, 0) is 14.8 Å². The molecule has 0 bridgehead atoms. The third kappa shape index (κ3) is 5.66. The van der Waals surface area contributed by atoms with E-state index in [4.69, 9.17) is 4.74 Å². The molecule has 0 saturated carbocycles. The zero-order chi connectivity index (χ0) is 23.4. The van der Waals surface area contributed by atoms with Crippen molar-refractivity contribution in [2.24, 2.45) is 0 Å². The van der Waals surface area contributed by atoms with Gasteiger partial charge in [-0.2, -0.15) is 0 Å². The average Bonchev–Trinajstić information content (AvgIpc) is 3.47. The van der Waals surface area contributed by atoms with E-state index in [9.17, 15) is 13.2 Å². The van der Waals surface area contributed by atoms with E-state index in [1.165, 1.54) is 11.8 Å². The van der Waals surface area contributed by atoms with Gasteiger partial charge in [0.05, 0.1) is 24.8 Å². The number of thioether (sulfide) groups is 1. The Hall–Kier alpha value is -3.05. The largest absolute Gasteiger partial charge is 0.497 e. The second-order valence-corrected chi connectivity index (χ2v) is 10.4. The van der Waals surface area contributed by atoms with E-state index in [-0.39, 0.29) is 11.7 Å². The maximum atomic E-state index is 12.6. The smallest absolute Gasteiger partial charge is 0.233 e. The first kappa shape index (κ1) is 23.1. The summed E-state index contributed by atoms with van der Waals surface area (Å²) >= 11 is 1.34. The Morgan fingerprint density at radius 3 is 2.52 bits per heavy atom. The molecule has 0 atom stereocenters. The Morgan fingerprint density at radius 2 is 1.85 bits per heavy atom. The fourth-order valence-corrected chi connectivity index (χ4v) is 5.04. The van der Waals surface area contributed by atoms with Crippen molar-refractivity contribution in [2.75, 3.05) is 36.9 Å². The van der Waals surface area contributed by atoms with Crippen molar-refractivity contribution in [3.63, 3.8) is 0 Å². The summed E-state index contributed by atoms with van der Waals surface area (Å²) in [6.07, 6.45) is 3.20. The molecule has 11 heteroatoms. The van der Waals surface area contributed by atoms with E-state index in [0.717, 1.165) is 43.4 Å². The van der Waals surface area contributed by atoms with E-state index in [1.54, 1.807) is 31.4 Å². The number of hydrogen-bond donors (Lipinski definition) is 1. The number of rotatable bonds is 8. The van der Waals surface area contributed by atoms with Crippen LogP contribution < -0.4 is 9.46 Å². The first-order valence-electron chi connectivity index (χ1n) is 10.4. The summed E-state index contributed by atoms with van der Waals surface area (Å²) in [5, 5.41) is 9.33. The molecule has 1 aliphatic rings. The minimum absolute atomic E-state index is 0.0930. The number of ether oxygens (including phenoxy) is 1. The molecule has 1 aromatic heterocycles. The standard InChI is InChI=1S/C22H25N5O4S2/c1-31-19-7-5-6-18(14-19)27-21(16-8-10-17(11-9-16)25-33(2,29)30)23-24-22(27)32-15-20(28)26-12-3-4-13-26/h5-11,14,25H,3-4,12-13,15H2,1-2H3. The fourth-order valence-electron chi connectivity index (χ4n) is 3.62. The van der Waals surface area contributed by atoms with Crippen LogP contribution in [0.25, 0.3) is 17.1 Å². The van der Waals surface area contributed by atoms with Crippen LogP contribution in [-0.4, -0.2) is 66.2 Å². The van der Waals surface area contributed by atoms with E-state index in [0.29, 0.717) is 22.4 Å².